The number of rotatable bonds is 43. The highest BCUT2D eigenvalue weighted by molar-refractivity contribution is 5.77. The maximum absolute atomic E-state index is 13.1. The highest BCUT2D eigenvalue weighted by atomic mass is 16.5. The number of aliphatic hydroxyl groups is 2. The Labute approximate surface area is 364 Å². The lowest BCUT2D eigenvalue weighted by atomic mass is 10.0. The molecule has 0 radical (unpaired) electrons. The molecule has 3 N–H and O–H groups in total. The average molecular weight is 824 g/mol. The number of hydrogen-bond acceptors (Lipinski definition) is 5. The molecule has 0 fully saturated rings. The third kappa shape index (κ3) is 41.8. The van der Waals surface area contributed by atoms with Crippen LogP contribution in [0.1, 0.15) is 226 Å². The van der Waals surface area contributed by atoms with Gasteiger partial charge in [-0.15, -0.1) is 0 Å². The van der Waals surface area contributed by atoms with Crippen molar-refractivity contribution in [2.24, 2.45) is 0 Å². The van der Waals surface area contributed by atoms with Gasteiger partial charge in [-0.25, -0.2) is 0 Å². The molecule has 340 valence electrons. The van der Waals surface area contributed by atoms with Gasteiger partial charge in [-0.3, -0.25) is 9.59 Å². The SMILES string of the molecule is CCC/C=C/C=C/C=C/C=C/C=C/CCCCCCCC(=O)OC(CCC/C=C\CCCCCCCC)CC(=O)NC(CO)C(O)CCCCCCCCCCCCC. The molecular weight excluding hydrogens is 731 g/mol. The van der Waals surface area contributed by atoms with Crippen LogP contribution in [0.5, 0.6) is 0 Å². The van der Waals surface area contributed by atoms with Crippen LogP contribution < -0.4 is 5.32 Å². The van der Waals surface area contributed by atoms with Crippen LogP contribution in [-0.4, -0.2) is 46.9 Å². The molecule has 0 rings (SSSR count). The van der Waals surface area contributed by atoms with Crippen molar-refractivity contribution in [1.82, 2.24) is 5.32 Å². The van der Waals surface area contributed by atoms with E-state index in [1.807, 2.05) is 24.3 Å². The fourth-order valence-corrected chi connectivity index (χ4v) is 7.11. The van der Waals surface area contributed by atoms with Crippen molar-refractivity contribution in [2.45, 2.75) is 244 Å². The van der Waals surface area contributed by atoms with E-state index < -0.39 is 18.2 Å². The number of amides is 1. The Kier molecular flexibility index (Phi) is 44.2. The van der Waals surface area contributed by atoms with E-state index in [9.17, 15) is 19.8 Å². The molecule has 3 atom stereocenters. The van der Waals surface area contributed by atoms with Crippen molar-refractivity contribution in [3.63, 3.8) is 0 Å². The predicted octanol–water partition coefficient (Wildman–Crippen LogP) is 14.6. The topological polar surface area (TPSA) is 95.9 Å². The van der Waals surface area contributed by atoms with E-state index in [1.165, 1.54) is 96.3 Å². The summed E-state index contributed by atoms with van der Waals surface area (Å²) in [6.45, 7) is 6.35. The minimum absolute atomic E-state index is 0.0433. The van der Waals surface area contributed by atoms with Gasteiger partial charge in [-0.05, 0) is 64.2 Å². The Balaban J connectivity index is 4.64. The molecule has 6 nitrogen and oxygen atoms in total. The summed E-state index contributed by atoms with van der Waals surface area (Å²) in [7, 11) is 0. The highest BCUT2D eigenvalue weighted by Gasteiger charge is 2.24. The first-order valence-electron chi connectivity index (χ1n) is 24.7. The summed E-state index contributed by atoms with van der Waals surface area (Å²) in [4.78, 5) is 26.1. The second kappa shape index (κ2) is 46.4. The van der Waals surface area contributed by atoms with Crippen molar-refractivity contribution in [3.8, 4) is 0 Å². The molecular formula is C53H93NO5. The van der Waals surface area contributed by atoms with Gasteiger partial charge in [-0.2, -0.15) is 0 Å². The van der Waals surface area contributed by atoms with Gasteiger partial charge in [0.1, 0.15) is 6.10 Å². The second-order valence-corrected chi connectivity index (χ2v) is 16.6. The molecule has 0 aliphatic heterocycles. The minimum Gasteiger partial charge on any atom is -0.462 e. The number of ether oxygens (including phenoxy) is 1. The Bertz CT molecular complexity index is 1110. The average Bonchev–Trinajstić information content (AvgIpc) is 3.23. The molecule has 0 aliphatic rings. The van der Waals surface area contributed by atoms with Crippen LogP contribution >= 0.6 is 0 Å². The normalized spacial score (nSPS) is 13.9. The van der Waals surface area contributed by atoms with E-state index in [1.54, 1.807) is 0 Å². The Hall–Kier alpha value is -2.70. The van der Waals surface area contributed by atoms with E-state index >= 15 is 0 Å². The van der Waals surface area contributed by atoms with E-state index in [-0.39, 0.29) is 24.9 Å². The summed E-state index contributed by atoms with van der Waals surface area (Å²) >= 11 is 0. The molecule has 6 heteroatoms. The zero-order chi connectivity index (χ0) is 43.1. The van der Waals surface area contributed by atoms with Crippen LogP contribution in [0.4, 0.5) is 0 Å². The first-order chi connectivity index (χ1) is 29.0. The van der Waals surface area contributed by atoms with Crippen molar-refractivity contribution < 1.29 is 24.5 Å². The molecule has 0 aromatic heterocycles. The maximum atomic E-state index is 13.1. The summed E-state index contributed by atoms with van der Waals surface area (Å²) < 4.78 is 5.89. The summed E-state index contributed by atoms with van der Waals surface area (Å²) in [5.74, 6) is -0.536. The largest absolute Gasteiger partial charge is 0.462 e. The van der Waals surface area contributed by atoms with Crippen LogP contribution in [0.15, 0.2) is 72.9 Å². The lowest BCUT2D eigenvalue weighted by Gasteiger charge is -2.24. The van der Waals surface area contributed by atoms with Crippen molar-refractivity contribution in [2.75, 3.05) is 6.61 Å². The Morgan fingerprint density at radius 2 is 0.932 bits per heavy atom. The lowest BCUT2D eigenvalue weighted by molar-refractivity contribution is -0.151. The molecule has 0 aromatic rings. The van der Waals surface area contributed by atoms with E-state index in [4.69, 9.17) is 4.74 Å². The first-order valence-corrected chi connectivity index (χ1v) is 24.7. The van der Waals surface area contributed by atoms with Crippen LogP contribution in [0, 0.1) is 0 Å². The summed E-state index contributed by atoms with van der Waals surface area (Å²) in [6.07, 6.45) is 58.1. The van der Waals surface area contributed by atoms with E-state index in [0.29, 0.717) is 19.3 Å². The van der Waals surface area contributed by atoms with Gasteiger partial charge < -0.3 is 20.3 Å². The van der Waals surface area contributed by atoms with Gasteiger partial charge in [-0.1, -0.05) is 222 Å². The number of esters is 1. The summed E-state index contributed by atoms with van der Waals surface area (Å²) in [5.41, 5.74) is 0. The monoisotopic (exact) mass is 824 g/mol. The van der Waals surface area contributed by atoms with Crippen molar-refractivity contribution >= 4 is 11.9 Å². The molecule has 0 bridgehead atoms. The second-order valence-electron chi connectivity index (χ2n) is 16.6. The van der Waals surface area contributed by atoms with Crippen LogP contribution in [0.25, 0.3) is 0 Å². The maximum Gasteiger partial charge on any atom is 0.306 e. The predicted molar refractivity (Wildman–Crippen MR) is 255 cm³/mol. The fourth-order valence-electron chi connectivity index (χ4n) is 7.11. The fraction of sp³-hybridized carbons (Fsp3) is 0.736. The standard InChI is InChI=1S/C53H93NO5/c1-4-7-10-13-16-19-22-23-24-25-26-27-28-31-34-37-40-43-46-53(58)59-49(44-41-38-35-32-29-20-17-14-11-8-5-2)47-52(57)54-50(48-55)51(56)45-42-39-36-33-30-21-18-15-12-9-6-3/h10,13,16,19,22-27,32,35,49-51,55-56H,4-9,11-12,14-15,17-18,20-21,28-31,33-34,36-48H2,1-3H3,(H,54,57)/b13-10+,19-16+,23-22+,25-24+,27-26+,35-32-. The number of carbonyl (C=O) groups excluding carboxylic acids is 2. The van der Waals surface area contributed by atoms with Crippen molar-refractivity contribution in [3.05, 3.63) is 72.9 Å². The zero-order valence-electron chi connectivity index (χ0n) is 38.6. The van der Waals surface area contributed by atoms with Gasteiger partial charge in [0.15, 0.2) is 0 Å². The van der Waals surface area contributed by atoms with E-state index in [2.05, 4.69) is 74.7 Å². The van der Waals surface area contributed by atoms with Crippen molar-refractivity contribution in [1.29, 1.82) is 0 Å². The van der Waals surface area contributed by atoms with Gasteiger partial charge in [0, 0.05) is 6.42 Å². The summed E-state index contributed by atoms with van der Waals surface area (Å²) in [6, 6.07) is -0.716. The third-order valence-electron chi connectivity index (χ3n) is 10.9. The number of allylic oxidation sites excluding steroid dienone is 12. The number of hydrogen-bond donors (Lipinski definition) is 3. The molecule has 0 heterocycles. The molecule has 0 aromatic carbocycles. The minimum atomic E-state index is -0.800. The Morgan fingerprint density at radius 1 is 0.492 bits per heavy atom. The van der Waals surface area contributed by atoms with E-state index in [0.717, 1.165) is 83.5 Å². The number of aliphatic hydroxyl groups excluding tert-OH is 2. The van der Waals surface area contributed by atoms with Gasteiger partial charge >= 0.3 is 5.97 Å². The Morgan fingerprint density at radius 3 is 1.46 bits per heavy atom. The molecule has 0 aliphatic carbocycles. The van der Waals surface area contributed by atoms with Crippen LogP contribution in [0.3, 0.4) is 0 Å². The molecule has 1 amide bonds. The van der Waals surface area contributed by atoms with Crippen LogP contribution in [-0.2, 0) is 14.3 Å². The summed E-state index contributed by atoms with van der Waals surface area (Å²) in [5, 5.41) is 23.7. The number of carbonyl (C=O) groups is 2. The zero-order valence-corrected chi connectivity index (χ0v) is 38.6. The molecule has 0 saturated heterocycles. The molecule has 59 heavy (non-hydrogen) atoms. The number of unbranched alkanes of at least 4 members (excludes halogenated alkanes) is 23. The number of nitrogens with one attached hydrogen (secondary N) is 1. The molecule has 0 saturated carbocycles. The van der Waals surface area contributed by atoms with Gasteiger partial charge in [0.05, 0.1) is 25.2 Å². The van der Waals surface area contributed by atoms with Gasteiger partial charge in [0.25, 0.3) is 0 Å². The molecule has 3 unspecified atom stereocenters. The highest BCUT2D eigenvalue weighted by Crippen LogP contribution is 2.17. The lowest BCUT2D eigenvalue weighted by Crippen LogP contribution is -2.46. The smallest absolute Gasteiger partial charge is 0.306 e. The van der Waals surface area contributed by atoms with Gasteiger partial charge in [0.2, 0.25) is 5.91 Å². The van der Waals surface area contributed by atoms with Crippen LogP contribution in [0.2, 0.25) is 0 Å². The quantitative estimate of drug-likeness (QED) is 0.0246. The molecule has 0 spiro atoms. The third-order valence-corrected chi connectivity index (χ3v) is 10.9. The first kappa shape index (κ1) is 56.3.